The van der Waals surface area contributed by atoms with Crippen LogP contribution in [-0.4, -0.2) is 29.4 Å². The van der Waals surface area contributed by atoms with Gasteiger partial charge in [0.25, 0.3) is 0 Å². The minimum Gasteiger partial charge on any atom is -0.508 e. The first kappa shape index (κ1) is 14.3. The van der Waals surface area contributed by atoms with Crippen molar-refractivity contribution in [1.82, 2.24) is 0 Å². The lowest BCUT2D eigenvalue weighted by Crippen LogP contribution is -2.14. The van der Waals surface area contributed by atoms with Crippen LogP contribution in [0.25, 0.3) is 0 Å². The molecule has 0 aliphatic rings. The van der Waals surface area contributed by atoms with Crippen molar-refractivity contribution in [3.63, 3.8) is 0 Å². The van der Waals surface area contributed by atoms with Crippen LogP contribution in [0.5, 0.6) is 5.75 Å². The lowest BCUT2D eigenvalue weighted by atomic mass is 9.90. The summed E-state index contributed by atoms with van der Waals surface area (Å²) >= 11 is 0. The minimum atomic E-state index is -0.644. The number of ether oxygens (including phenoxy) is 1. The van der Waals surface area contributed by atoms with Crippen LogP contribution in [0, 0.1) is 6.92 Å². The number of phenols is 1. The maximum absolute atomic E-state index is 11.1. The van der Waals surface area contributed by atoms with E-state index in [1.807, 2.05) is 6.92 Å². The van der Waals surface area contributed by atoms with Gasteiger partial charge in [-0.3, -0.25) is 0 Å². The second-order valence-corrected chi connectivity index (χ2v) is 4.19. The van der Waals surface area contributed by atoms with Crippen molar-refractivity contribution < 1.29 is 19.7 Å². The zero-order valence-electron chi connectivity index (χ0n) is 10.8. The highest BCUT2D eigenvalue weighted by atomic mass is 16.5. The number of aliphatic hydroxyl groups is 1. The number of aromatic hydroxyl groups is 1. The van der Waals surface area contributed by atoms with Crippen molar-refractivity contribution in [1.29, 1.82) is 0 Å². The molecule has 0 spiro atoms. The molecule has 0 heterocycles. The standard InChI is InChI=1S/C14H18O4/c1-9-8-11(16)4-5-12(9)13(10(2)15)6-7-14(17)18-3/h4-8,10,13,15-16H,1-3H3/b7-6+/t10-,13+/m0/s1. The van der Waals surface area contributed by atoms with Gasteiger partial charge in [-0.15, -0.1) is 0 Å². The number of methoxy groups -OCH3 is 1. The Bertz CT molecular complexity index is 449. The molecular formula is C14H18O4. The van der Waals surface area contributed by atoms with Gasteiger partial charge in [0.05, 0.1) is 13.2 Å². The summed E-state index contributed by atoms with van der Waals surface area (Å²) in [5.74, 6) is -0.598. The average Bonchev–Trinajstić information content (AvgIpc) is 2.31. The fourth-order valence-electron chi connectivity index (χ4n) is 1.81. The van der Waals surface area contributed by atoms with E-state index in [2.05, 4.69) is 4.74 Å². The second-order valence-electron chi connectivity index (χ2n) is 4.19. The van der Waals surface area contributed by atoms with Crippen LogP contribution in [0.2, 0.25) is 0 Å². The summed E-state index contributed by atoms with van der Waals surface area (Å²) in [6, 6.07) is 4.92. The maximum Gasteiger partial charge on any atom is 0.330 e. The number of carbonyl (C=O) groups is 1. The van der Waals surface area contributed by atoms with E-state index in [1.54, 1.807) is 31.2 Å². The Morgan fingerprint density at radius 1 is 1.44 bits per heavy atom. The van der Waals surface area contributed by atoms with Crippen LogP contribution in [0.15, 0.2) is 30.4 Å². The fourth-order valence-corrected chi connectivity index (χ4v) is 1.81. The molecule has 98 valence electrons. The summed E-state index contributed by atoms with van der Waals surface area (Å²) in [4.78, 5) is 11.1. The molecule has 0 unspecified atom stereocenters. The van der Waals surface area contributed by atoms with Crippen molar-refractivity contribution in [2.45, 2.75) is 25.9 Å². The van der Waals surface area contributed by atoms with Gasteiger partial charge in [0.2, 0.25) is 0 Å². The summed E-state index contributed by atoms with van der Waals surface area (Å²) in [5, 5.41) is 19.1. The molecule has 18 heavy (non-hydrogen) atoms. The lowest BCUT2D eigenvalue weighted by molar-refractivity contribution is -0.134. The quantitative estimate of drug-likeness (QED) is 0.632. The first-order chi connectivity index (χ1) is 8.45. The molecular weight excluding hydrogens is 232 g/mol. The molecule has 0 aliphatic heterocycles. The molecule has 0 aromatic heterocycles. The van der Waals surface area contributed by atoms with E-state index in [0.29, 0.717) is 0 Å². The topological polar surface area (TPSA) is 66.8 Å². The molecule has 0 aliphatic carbocycles. The monoisotopic (exact) mass is 250 g/mol. The van der Waals surface area contributed by atoms with Crippen molar-refractivity contribution in [2.24, 2.45) is 0 Å². The molecule has 4 nitrogen and oxygen atoms in total. The highest BCUT2D eigenvalue weighted by Gasteiger charge is 2.17. The van der Waals surface area contributed by atoms with Gasteiger partial charge in [-0.2, -0.15) is 0 Å². The van der Waals surface area contributed by atoms with Gasteiger partial charge in [0.15, 0.2) is 0 Å². The smallest absolute Gasteiger partial charge is 0.330 e. The van der Waals surface area contributed by atoms with Crippen LogP contribution in [0.1, 0.15) is 24.0 Å². The van der Waals surface area contributed by atoms with E-state index in [1.165, 1.54) is 13.2 Å². The van der Waals surface area contributed by atoms with Gasteiger partial charge in [0.1, 0.15) is 5.75 Å². The molecule has 1 aromatic carbocycles. The fraction of sp³-hybridized carbons (Fsp3) is 0.357. The van der Waals surface area contributed by atoms with Gasteiger partial charge >= 0.3 is 5.97 Å². The molecule has 4 heteroatoms. The highest BCUT2D eigenvalue weighted by Crippen LogP contribution is 2.27. The SMILES string of the molecule is COC(=O)/C=C/[C@@H](c1ccc(O)cc1C)[C@H](C)O. The van der Waals surface area contributed by atoms with Crippen LogP contribution in [0.4, 0.5) is 0 Å². The van der Waals surface area contributed by atoms with Gasteiger partial charge in [-0.25, -0.2) is 4.79 Å². The molecule has 0 saturated heterocycles. The number of rotatable bonds is 4. The third kappa shape index (κ3) is 3.60. The number of benzene rings is 1. The summed E-state index contributed by atoms with van der Waals surface area (Å²) < 4.78 is 4.52. The molecule has 2 N–H and O–H groups in total. The first-order valence-electron chi connectivity index (χ1n) is 5.69. The predicted octanol–water partition coefficient (Wildman–Crippen LogP) is 1.89. The van der Waals surface area contributed by atoms with Crippen LogP contribution >= 0.6 is 0 Å². The van der Waals surface area contributed by atoms with Crippen LogP contribution < -0.4 is 0 Å². The van der Waals surface area contributed by atoms with E-state index in [9.17, 15) is 15.0 Å². The molecule has 0 fully saturated rings. The Morgan fingerprint density at radius 2 is 2.11 bits per heavy atom. The van der Waals surface area contributed by atoms with E-state index in [0.717, 1.165) is 11.1 Å². The molecule has 1 aromatic rings. The number of carbonyl (C=O) groups excluding carboxylic acids is 1. The Kier molecular flexibility index (Phi) is 4.92. The summed E-state index contributed by atoms with van der Waals surface area (Å²) in [6.07, 6.45) is 2.26. The lowest BCUT2D eigenvalue weighted by Gasteiger charge is -2.18. The summed E-state index contributed by atoms with van der Waals surface area (Å²) in [6.45, 7) is 3.50. The van der Waals surface area contributed by atoms with E-state index in [4.69, 9.17) is 0 Å². The van der Waals surface area contributed by atoms with Crippen molar-refractivity contribution >= 4 is 5.97 Å². The Balaban J connectivity index is 3.05. The maximum atomic E-state index is 11.1. The van der Waals surface area contributed by atoms with Crippen LogP contribution in [0.3, 0.4) is 0 Å². The molecule has 0 radical (unpaired) electrons. The Morgan fingerprint density at radius 3 is 2.61 bits per heavy atom. The number of hydrogen-bond acceptors (Lipinski definition) is 4. The third-order valence-electron chi connectivity index (χ3n) is 2.77. The van der Waals surface area contributed by atoms with Crippen LogP contribution in [-0.2, 0) is 9.53 Å². The first-order valence-corrected chi connectivity index (χ1v) is 5.69. The molecule has 2 atom stereocenters. The van der Waals surface area contributed by atoms with Crippen molar-refractivity contribution in [3.8, 4) is 5.75 Å². The van der Waals surface area contributed by atoms with E-state index >= 15 is 0 Å². The number of aryl methyl sites for hydroxylation is 1. The normalized spacial score (nSPS) is 14.4. The largest absolute Gasteiger partial charge is 0.508 e. The third-order valence-corrected chi connectivity index (χ3v) is 2.77. The van der Waals surface area contributed by atoms with Gasteiger partial charge in [-0.05, 0) is 37.1 Å². The highest BCUT2D eigenvalue weighted by molar-refractivity contribution is 5.81. The summed E-state index contributed by atoms with van der Waals surface area (Å²) in [5.41, 5.74) is 1.72. The zero-order valence-corrected chi connectivity index (χ0v) is 10.8. The zero-order chi connectivity index (χ0) is 13.7. The van der Waals surface area contributed by atoms with Crippen molar-refractivity contribution in [2.75, 3.05) is 7.11 Å². The predicted molar refractivity (Wildman–Crippen MR) is 68.4 cm³/mol. The molecule has 0 bridgehead atoms. The molecule has 1 rings (SSSR count). The second kappa shape index (κ2) is 6.21. The number of esters is 1. The number of aliphatic hydroxyl groups excluding tert-OH is 1. The van der Waals surface area contributed by atoms with Gasteiger partial charge < -0.3 is 14.9 Å². The summed E-state index contributed by atoms with van der Waals surface area (Å²) in [7, 11) is 1.30. The van der Waals surface area contributed by atoms with Gasteiger partial charge in [-0.1, -0.05) is 12.1 Å². The number of phenolic OH excluding ortho intramolecular Hbond substituents is 1. The molecule has 0 saturated carbocycles. The average molecular weight is 250 g/mol. The van der Waals surface area contributed by atoms with Gasteiger partial charge in [0, 0.05) is 12.0 Å². The van der Waals surface area contributed by atoms with E-state index < -0.39 is 12.1 Å². The molecule has 0 amide bonds. The van der Waals surface area contributed by atoms with E-state index in [-0.39, 0.29) is 11.7 Å². The minimum absolute atomic E-state index is 0.178. The Hall–Kier alpha value is -1.81. The Labute approximate surface area is 107 Å². The van der Waals surface area contributed by atoms with Crippen molar-refractivity contribution in [3.05, 3.63) is 41.5 Å². The number of hydrogen-bond donors (Lipinski definition) is 2.